The molecule has 2 rings (SSSR count). The van der Waals surface area contributed by atoms with Crippen molar-refractivity contribution in [3.63, 3.8) is 0 Å². The topological polar surface area (TPSA) is 91.1 Å². The molecule has 116 valence electrons. The molecule has 1 aliphatic rings. The second-order valence-corrected chi connectivity index (χ2v) is 5.02. The first kappa shape index (κ1) is 15.7. The third kappa shape index (κ3) is 3.69. The van der Waals surface area contributed by atoms with Crippen LogP contribution in [0, 0.1) is 17.0 Å². The van der Waals surface area contributed by atoms with E-state index in [2.05, 4.69) is 0 Å². The van der Waals surface area contributed by atoms with Gasteiger partial charge in [0.15, 0.2) is 5.75 Å². The zero-order chi connectivity index (χ0) is 15.4. The van der Waals surface area contributed by atoms with Crippen LogP contribution >= 0.6 is 0 Å². The molecule has 0 saturated heterocycles. The van der Waals surface area contributed by atoms with Crippen molar-refractivity contribution in [2.75, 3.05) is 20.3 Å². The largest absolute Gasteiger partial charge is 0.481 e. The van der Waals surface area contributed by atoms with Crippen LogP contribution in [0.1, 0.15) is 12.0 Å². The van der Waals surface area contributed by atoms with Crippen LogP contribution in [0.4, 0.5) is 5.69 Å². The number of aliphatic hydroxyl groups is 1. The van der Waals surface area contributed by atoms with Crippen molar-refractivity contribution >= 4 is 5.69 Å². The van der Waals surface area contributed by atoms with Gasteiger partial charge in [-0.25, -0.2) is 0 Å². The Morgan fingerprint density at radius 2 is 2.19 bits per heavy atom. The maximum Gasteiger partial charge on any atom is 0.310 e. The molecular weight excluding hydrogens is 278 g/mol. The fraction of sp³-hybridized carbons (Fsp3) is 0.571. The zero-order valence-corrected chi connectivity index (χ0v) is 12.0. The number of hydrogen-bond acceptors (Lipinski definition) is 6. The fourth-order valence-corrected chi connectivity index (χ4v) is 2.19. The normalized spacial score (nSPS) is 24.4. The van der Waals surface area contributed by atoms with Crippen LogP contribution in [0.3, 0.4) is 0 Å². The second kappa shape index (κ2) is 6.84. The lowest BCUT2D eigenvalue weighted by Crippen LogP contribution is -2.55. The number of methoxy groups -OCH3 is 1. The summed E-state index contributed by atoms with van der Waals surface area (Å²) in [5.74, 6) is 0.206. The van der Waals surface area contributed by atoms with Crippen molar-refractivity contribution in [1.82, 2.24) is 0 Å². The lowest BCUT2D eigenvalue weighted by atomic mass is 9.88. The van der Waals surface area contributed by atoms with E-state index in [-0.39, 0.29) is 11.4 Å². The molecule has 1 saturated carbocycles. The highest BCUT2D eigenvalue weighted by Gasteiger charge is 2.43. The monoisotopic (exact) mass is 297 g/mol. The molecule has 0 radical (unpaired) electrons. The second-order valence-electron chi connectivity index (χ2n) is 5.02. The van der Waals surface area contributed by atoms with E-state index in [9.17, 15) is 15.2 Å². The summed E-state index contributed by atoms with van der Waals surface area (Å²) in [5.41, 5.74) is 0.782. The molecule has 1 aromatic carbocycles. The van der Waals surface area contributed by atoms with E-state index in [1.807, 2.05) is 6.92 Å². The minimum absolute atomic E-state index is 0.0855. The lowest BCUT2D eigenvalue weighted by Gasteiger charge is -2.40. The van der Waals surface area contributed by atoms with Gasteiger partial charge in [-0.1, -0.05) is 6.07 Å². The van der Waals surface area contributed by atoms with Gasteiger partial charge in [-0.3, -0.25) is 10.1 Å². The number of benzene rings is 1. The van der Waals surface area contributed by atoms with E-state index in [0.717, 1.165) is 5.56 Å². The number of nitrogens with zero attached hydrogens (tertiary/aromatic N) is 1. The summed E-state index contributed by atoms with van der Waals surface area (Å²) in [6.45, 7) is 2.59. The Kier molecular flexibility index (Phi) is 5.11. The number of hydrogen-bond donors (Lipinski definition) is 1. The summed E-state index contributed by atoms with van der Waals surface area (Å²) in [6.07, 6.45) is -1.10. The van der Waals surface area contributed by atoms with Crippen LogP contribution < -0.4 is 4.74 Å². The standard InChI is InChI=1S/C14H19NO6/c1-9-3-4-10(15(17)18)12(7-9)21-13-8-11(16)14(13)20-6-5-19-2/h3-4,7,11,13-14,16H,5-6,8H2,1-2H3. The van der Waals surface area contributed by atoms with E-state index < -0.39 is 23.2 Å². The average Bonchev–Trinajstić information content (AvgIpc) is 2.43. The van der Waals surface area contributed by atoms with Crippen LogP contribution in [0.2, 0.25) is 0 Å². The van der Waals surface area contributed by atoms with Gasteiger partial charge < -0.3 is 19.3 Å². The van der Waals surface area contributed by atoms with Crippen molar-refractivity contribution < 1.29 is 24.2 Å². The summed E-state index contributed by atoms with van der Waals surface area (Å²) in [4.78, 5) is 10.5. The molecule has 0 bridgehead atoms. The van der Waals surface area contributed by atoms with E-state index in [1.54, 1.807) is 19.2 Å². The Hall–Kier alpha value is -1.70. The Morgan fingerprint density at radius 1 is 1.43 bits per heavy atom. The first-order valence-corrected chi connectivity index (χ1v) is 6.73. The Bertz CT molecular complexity index is 506. The van der Waals surface area contributed by atoms with Crippen molar-refractivity contribution in [1.29, 1.82) is 0 Å². The highest BCUT2D eigenvalue weighted by atomic mass is 16.6. The molecule has 1 N–H and O–H groups in total. The Labute approximate surface area is 122 Å². The molecule has 21 heavy (non-hydrogen) atoms. The van der Waals surface area contributed by atoms with Crippen molar-refractivity contribution in [3.8, 4) is 5.75 Å². The lowest BCUT2D eigenvalue weighted by molar-refractivity contribution is -0.386. The summed E-state index contributed by atoms with van der Waals surface area (Å²) in [6, 6.07) is 4.70. The smallest absolute Gasteiger partial charge is 0.310 e. The van der Waals surface area contributed by atoms with Gasteiger partial charge in [0.1, 0.15) is 12.2 Å². The molecule has 0 spiro atoms. The summed E-state index contributed by atoms with van der Waals surface area (Å²) < 4.78 is 16.0. The first-order valence-electron chi connectivity index (χ1n) is 6.73. The number of nitro groups is 1. The van der Waals surface area contributed by atoms with Gasteiger partial charge >= 0.3 is 5.69 Å². The van der Waals surface area contributed by atoms with Gasteiger partial charge in [0.25, 0.3) is 0 Å². The minimum Gasteiger partial charge on any atom is -0.481 e. The molecule has 7 nitrogen and oxygen atoms in total. The van der Waals surface area contributed by atoms with Gasteiger partial charge in [-0.2, -0.15) is 0 Å². The van der Waals surface area contributed by atoms with Gasteiger partial charge in [-0.05, 0) is 18.6 Å². The third-order valence-electron chi connectivity index (χ3n) is 3.41. The summed E-state index contributed by atoms with van der Waals surface area (Å²) >= 11 is 0. The molecular formula is C14H19NO6. The quantitative estimate of drug-likeness (QED) is 0.465. The third-order valence-corrected chi connectivity index (χ3v) is 3.41. The molecule has 0 amide bonds. The van der Waals surface area contributed by atoms with E-state index in [0.29, 0.717) is 19.6 Å². The molecule has 0 heterocycles. The molecule has 1 fully saturated rings. The maximum atomic E-state index is 11.0. The highest BCUT2D eigenvalue weighted by molar-refractivity contribution is 5.48. The summed E-state index contributed by atoms with van der Waals surface area (Å²) in [5, 5.41) is 20.7. The zero-order valence-electron chi connectivity index (χ0n) is 12.0. The molecule has 3 atom stereocenters. The fourth-order valence-electron chi connectivity index (χ4n) is 2.19. The molecule has 0 aliphatic heterocycles. The van der Waals surface area contributed by atoms with Gasteiger partial charge in [0, 0.05) is 19.6 Å². The first-order chi connectivity index (χ1) is 10.0. The van der Waals surface area contributed by atoms with Crippen molar-refractivity contribution in [2.24, 2.45) is 0 Å². The van der Waals surface area contributed by atoms with Gasteiger partial charge in [-0.15, -0.1) is 0 Å². The van der Waals surface area contributed by atoms with E-state index >= 15 is 0 Å². The molecule has 0 aromatic heterocycles. The highest BCUT2D eigenvalue weighted by Crippen LogP contribution is 2.34. The molecule has 7 heteroatoms. The van der Waals surface area contributed by atoms with Gasteiger partial charge in [0.05, 0.1) is 24.2 Å². The predicted molar refractivity (Wildman–Crippen MR) is 74.5 cm³/mol. The van der Waals surface area contributed by atoms with Crippen LogP contribution in [0.15, 0.2) is 18.2 Å². The van der Waals surface area contributed by atoms with Crippen LogP contribution in [-0.2, 0) is 9.47 Å². The minimum atomic E-state index is -0.615. The SMILES string of the molecule is COCCOC1C(O)CC1Oc1cc(C)ccc1[N+](=O)[O-]. The molecule has 1 aliphatic carbocycles. The number of aryl methyl sites for hydroxylation is 1. The maximum absolute atomic E-state index is 11.0. The van der Waals surface area contributed by atoms with Crippen LogP contribution in [-0.4, -0.2) is 48.7 Å². The Balaban J connectivity index is 2.04. The van der Waals surface area contributed by atoms with E-state index in [1.165, 1.54) is 6.07 Å². The van der Waals surface area contributed by atoms with Gasteiger partial charge in [0.2, 0.25) is 0 Å². The van der Waals surface area contributed by atoms with E-state index in [4.69, 9.17) is 14.2 Å². The molecule has 1 aromatic rings. The number of ether oxygens (including phenoxy) is 3. The van der Waals surface area contributed by atoms with Crippen molar-refractivity contribution in [2.45, 2.75) is 31.7 Å². The number of rotatable bonds is 7. The molecule has 3 unspecified atom stereocenters. The predicted octanol–water partition coefficient (Wildman–Crippen LogP) is 1.45. The number of nitro benzene ring substituents is 1. The van der Waals surface area contributed by atoms with Crippen molar-refractivity contribution in [3.05, 3.63) is 33.9 Å². The number of aliphatic hydroxyl groups excluding tert-OH is 1. The Morgan fingerprint density at radius 3 is 2.81 bits per heavy atom. The average molecular weight is 297 g/mol. The van der Waals surface area contributed by atoms with Crippen LogP contribution in [0.5, 0.6) is 5.75 Å². The summed E-state index contributed by atoms with van der Waals surface area (Å²) in [7, 11) is 1.56. The van der Waals surface area contributed by atoms with Crippen LogP contribution in [0.25, 0.3) is 0 Å².